The van der Waals surface area contributed by atoms with E-state index < -0.39 is 0 Å². The van der Waals surface area contributed by atoms with Crippen LogP contribution in [0.3, 0.4) is 0 Å². The molecule has 0 aliphatic heterocycles. The molecular weight excluding hydrogens is 232 g/mol. The average molecular weight is 250 g/mol. The Bertz CT molecular complexity index is 415. The van der Waals surface area contributed by atoms with E-state index in [2.05, 4.69) is 22.1 Å². The fourth-order valence-corrected chi connectivity index (χ4v) is 1.67. The van der Waals surface area contributed by atoms with Gasteiger partial charge in [-0.1, -0.05) is 5.16 Å². The van der Waals surface area contributed by atoms with E-state index in [1.54, 1.807) is 12.1 Å². The maximum atomic E-state index is 8.52. The zero-order valence-electron chi connectivity index (χ0n) is 10.4. The summed E-state index contributed by atoms with van der Waals surface area (Å²) in [5.41, 5.74) is 6.01. The lowest BCUT2D eigenvalue weighted by molar-refractivity contribution is 0.226. The zero-order chi connectivity index (χ0) is 13.0. The summed E-state index contributed by atoms with van der Waals surface area (Å²) in [6, 6.07) is 4.16. The van der Waals surface area contributed by atoms with E-state index in [0.29, 0.717) is 18.1 Å². The Labute approximate surface area is 106 Å². The van der Waals surface area contributed by atoms with E-state index >= 15 is 0 Å². The predicted octanol–water partition coefficient (Wildman–Crippen LogP) is 0.649. The largest absolute Gasteiger partial charge is 0.476 e. The molecule has 0 saturated heterocycles. The summed E-state index contributed by atoms with van der Waals surface area (Å²) >= 11 is 0. The van der Waals surface area contributed by atoms with Crippen molar-refractivity contribution in [3.8, 4) is 5.88 Å². The van der Waals surface area contributed by atoms with Crippen molar-refractivity contribution < 1.29 is 9.94 Å². The number of nitrogens with zero attached hydrogens (tertiary/aromatic N) is 3. The van der Waals surface area contributed by atoms with Crippen molar-refractivity contribution in [2.24, 2.45) is 10.9 Å². The van der Waals surface area contributed by atoms with Gasteiger partial charge >= 0.3 is 0 Å². The summed E-state index contributed by atoms with van der Waals surface area (Å²) in [5, 5.41) is 11.4. The molecule has 1 saturated carbocycles. The molecule has 6 nitrogen and oxygen atoms in total. The summed E-state index contributed by atoms with van der Waals surface area (Å²) in [5.74, 6) is 0.594. The van der Waals surface area contributed by atoms with Gasteiger partial charge in [0.25, 0.3) is 0 Å². The van der Waals surface area contributed by atoms with Crippen molar-refractivity contribution in [2.75, 3.05) is 20.2 Å². The third-order valence-corrected chi connectivity index (χ3v) is 3.00. The Hall–Kier alpha value is -1.82. The smallest absolute Gasteiger partial charge is 0.213 e. The van der Waals surface area contributed by atoms with E-state index in [1.807, 2.05) is 0 Å². The number of hydrogen-bond acceptors (Lipinski definition) is 5. The van der Waals surface area contributed by atoms with Crippen molar-refractivity contribution in [3.05, 3.63) is 23.9 Å². The lowest BCUT2D eigenvalue weighted by Crippen LogP contribution is -2.26. The van der Waals surface area contributed by atoms with Gasteiger partial charge in [-0.2, -0.15) is 0 Å². The maximum Gasteiger partial charge on any atom is 0.213 e. The number of oxime groups is 1. The SMILES string of the molecule is CN(CCOc1ccc(/C(N)=N/O)cn1)C1CC1. The summed E-state index contributed by atoms with van der Waals surface area (Å²) in [6.07, 6.45) is 4.11. The van der Waals surface area contributed by atoms with Crippen LogP contribution in [0.25, 0.3) is 0 Å². The van der Waals surface area contributed by atoms with Gasteiger partial charge in [0.15, 0.2) is 5.84 Å². The van der Waals surface area contributed by atoms with Crippen LogP contribution in [0, 0.1) is 0 Å². The first kappa shape index (κ1) is 12.6. The fraction of sp³-hybridized carbons (Fsp3) is 0.500. The van der Waals surface area contributed by atoms with Gasteiger partial charge in [-0.3, -0.25) is 0 Å². The van der Waals surface area contributed by atoms with Crippen molar-refractivity contribution in [2.45, 2.75) is 18.9 Å². The van der Waals surface area contributed by atoms with Gasteiger partial charge in [0.05, 0.1) is 0 Å². The van der Waals surface area contributed by atoms with Crippen LogP contribution in [0.15, 0.2) is 23.5 Å². The normalized spacial score (nSPS) is 16.0. The number of rotatable bonds is 6. The van der Waals surface area contributed by atoms with Gasteiger partial charge in [-0.05, 0) is 26.0 Å². The molecule has 0 amide bonds. The highest BCUT2D eigenvalue weighted by Crippen LogP contribution is 2.24. The molecule has 1 fully saturated rings. The monoisotopic (exact) mass is 250 g/mol. The Kier molecular flexibility index (Phi) is 3.99. The second-order valence-corrected chi connectivity index (χ2v) is 4.43. The number of likely N-dealkylation sites (N-methyl/N-ethyl adjacent to an activating group) is 1. The van der Waals surface area contributed by atoms with Crippen molar-refractivity contribution >= 4 is 5.84 Å². The number of pyridine rings is 1. The molecular formula is C12H18N4O2. The highest BCUT2D eigenvalue weighted by molar-refractivity contribution is 5.96. The molecule has 0 radical (unpaired) electrons. The molecule has 1 aromatic heterocycles. The van der Waals surface area contributed by atoms with E-state index in [0.717, 1.165) is 12.6 Å². The molecule has 0 spiro atoms. The van der Waals surface area contributed by atoms with Crippen LogP contribution in [-0.4, -0.2) is 47.2 Å². The lowest BCUT2D eigenvalue weighted by atomic mass is 10.3. The van der Waals surface area contributed by atoms with Gasteiger partial charge in [0.1, 0.15) is 6.61 Å². The number of nitrogens with two attached hydrogens (primary N) is 1. The second-order valence-electron chi connectivity index (χ2n) is 4.43. The van der Waals surface area contributed by atoms with Crippen LogP contribution in [0.4, 0.5) is 0 Å². The first-order chi connectivity index (χ1) is 8.70. The van der Waals surface area contributed by atoms with Gasteiger partial charge in [0, 0.05) is 30.4 Å². The first-order valence-electron chi connectivity index (χ1n) is 5.97. The standard InChI is InChI=1S/C12H18N4O2/c1-16(10-3-4-10)6-7-18-11-5-2-9(8-14-11)12(13)15-17/h2,5,8,10,17H,3-4,6-7H2,1H3,(H2,13,15). The van der Waals surface area contributed by atoms with Crippen LogP contribution >= 0.6 is 0 Å². The van der Waals surface area contributed by atoms with Crippen LogP contribution in [0.5, 0.6) is 5.88 Å². The number of ether oxygens (including phenoxy) is 1. The quantitative estimate of drug-likeness (QED) is 0.335. The Morgan fingerprint density at radius 1 is 1.61 bits per heavy atom. The molecule has 1 aliphatic carbocycles. The van der Waals surface area contributed by atoms with E-state index in [4.69, 9.17) is 15.7 Å². The van der Waals surface area contributed by atoms with Gasteiger partial charge in [-0.15, -0.1) is 0 Å². The van der Waals surface area contributed by atoms with Crippen LogP contribution in [0.1, 0.15) is 18.4 Å². The van der Waals surface area contributed by atoms with Gasteiger partial charge in [-0.25, -0.2) is 4.98 Å². The van der Waals surface area contributed by atoms with Crippen molar-refractivity contribution in [1.29, 1.82) is 0 Å². The molecule has 2 rings (SSSR count). The number of hydrogen-bond donors (Lipinski definition) is 2. The van der Waals surface area contributed by atoms with Crippen LogP contribution < -0.4 is 10.5 Å². The maximum absolute atomic E-state index is 8.52. The molecule has 0 unspecified atom stereocenters. The van der Waals surface area contributed by atoms with Crippen LogP contribution in [0.2, 0.25) is 0 Å². The summed E-state index contributed by atoms with van der Waals surface area (Å²) in [4.78, 5) is 6.39. The molecule has 98 valence electrons. The third-order valence-electron chi connectivity index (χ3n) is 3.00. The van der Waals surface area contributed by atoms with Crippen molar-refractivity contribution in [1.82, 2.24) is 9.88 Å². The highest BCUT2D eigenvalue weighted by atomic mass is 16.5. The molecule has 1 aromatic rings. The second kappa shape index (κ2) is 5.68. The van der Waals surface area contributed by atoms with Gasteiger partial charge in [0.2, 0.25) is 5.88 Å². The minimum absolute atomic E-state index is 0.0440. The molecule has 0 bridgehead atoms. The predicted molar refractivity (Wildman–Crippen MR) is 67.9 cm³/mol. The molecule has 0 atom stereocenters. The van der Waals surface area contributed by atoms with E-state index in [9.17, 15) is 0 Å². The molecule has 0 aromatic carbocycles. The lowest BCUT2D eigenvalue weighted by Gasteiger charge is -2.15. The van der Waals surface area contributed by atoms with E-state index in [1.165, 1.54) is 19.0 Å². The minimum atomic E-state index is 0.0440. The summed E-state index contributed by atoms with van der Waals surface area (Å²) in [7, 11) is 2.11. The van der Waals surface area contributed by atoms with Gasteiger partial charge < -0.3 is 20.6 Å². The minimum Gasteiger partial charge on any atom is -0.476 e. The fourth-order valence-electron chi connectivity index (χ4n) is 1.67. The Morgan fingerprint density at radius 3 is 2.94 bits per heavy atom. The Morgan fingerprint density at radius 2 is 2.39 bits per heavy atom. The molecule has 1 aliphatic rings. The number of aromatic nitrogens is 1. The molecule has 3 N–H and O–H groups in total. The first-order valence-corrected chi connectivity index (χ1v) is 5.97. The Balaban J connectivity index is 1.79. The molecule has 1 heterocycles. The topological polar surface area (TPSA) is 84.0 Å². The molecule has 6 heteroatoms. The summed E-state index contributed by atoms with van der Waals surface area (Å²) in [6.45, 7) is 1.51. The zero-order valence-corrected chi connectivity index (χ0v) is 10.4. The van der Waals surface area contributed by atoms with E-state index in [-0.39, 0.29) is 5.84 Å². The third kappa shape index (κ3) is 3.33. The van der Waals surface area contributed by atoms with Crippen molar-refractivity contribution in [3.63, 3.8) is 0 Å². The summed E-state index contributed by atoms with van der Waals surface area (Å²) < 4.78 is 5.53. The molecule has 18 heavy (non-hydrogen) atoms. The average Bonchev–Trinajstić information content (AvgIpc) is 3.23. The highest BCUT2D eigenvalue weighted by Gasteiger charge is 2.25. The number of amidine groups is 1. The van der Waals surface area contributed by atoms with Crippen LogP contribution in [-0.2, 0) is 0 Å².